The molecule has 106 valence electrons. The van der Waals surface area contributed by atoms with E-state index in [1.165, 1.54) is 0 Å². The van der Waals surface area contributed by atoms with Gasteiger partial charge in [-0.2, -0.15) is 0 Å². The zero-order chi connectivity index (χ0) is 14.1. The summed E-state index contributed by atoms with van der Waals surface area (Å²) in [4.78, 5) is 11.5. The molecule has 1 unspecified atom stereocenters. The van der Waals surface area contributed by atoms with Crippen LogP contribution in [0.1, 0.15) is 25.0 Å². The van der Waals surface area contributed by atoms with Crippen molar-refractivity contribution in [3.63, 3.8) is 0 Å². The van der Waals surface area contributed by atoms with Gasteiger partial charge >= 0.3 is 0 Å². The van der Waals surface area contributed by atoms with Crippen molar-refractivity contribution in [2.24, 2.45) is 0 Å². The fraction of sp³-hybridized carbons (Fsp3) is 0.500. The highest BCUT2D eigenvalue weighted by molar-refractivity contribution is 5.77. The first-order valence-corrected chi connectivity index (χ1v) is 6.30. The van der Waals surface area contributed by atoms with Gasteiger partial charge in [0.15, 0.2) is 6.61 Å². The van der Waals surface area contributed by atoms with Crippen LogP contribution >= 0.6 is 0 Å². The molecular weight excluding hydrogens is 246 g/mol. The van der Waals surface area contributed by atoms with Crippen LogP contribution in [0.3, 0.4) is 0 Å². The van der Waals surface area contributed by atoms with Crippen LogP contribution in [-0.4, -0.2) is 37.9 Å². The summed E-state index contributed by atoms with van der Waals surface area (Å²) in [6.07, 6.45) is 0.228. The number of carbonyl (C=O) groups excluding carboxylic acids is 1. The highest BCUT2D eigenvalue weighted by Gasteiger charge is 2.05. The summed E-state index contributed by atoms with van der Waals surface area (Å²) in [6, 6.07) is 7.07. The van der Waals surface area contributed by atoms with E-state index in [-0.39, 0.29) is 12.5 Å². The number of rotatable bonds is 8. The highest BCUT2D eigenvalue weighted by atomic mass is 16.5. The van der Waals surface area contributed by atoms with Crippen LogP contribution in [0, 0.1) is 0 Å². The predicted octanol–water partition coefficient (Wildman–Crippen LogP) is 1.27. The summed E-state index contributed by atoms with van der Waals surface area (Å²) < 4.78 is 10.2. The number of carbonyl (C=O) groups is 1. The van der Waals surface area contributed by atoms with Crippen LogP contribution < -0.4 is 10.1 Å². The number of nitrogens with one attached hydrogen (secondary N) is 1. The van der Waals surface area contributed by atoms with Gasteiger partial charge in [0.05, 0.1) is 6.10 Å². The van der Waals surface area contributed by atoms with Crippen molar-refractivity contribution in [2.75, 3.05) is 26.9 Å². The maximum Gasteiger partial charge on any atom is 0.257 e. The topological polar surface area (TPSA) is 67.8 Å². The van der Waals surface area contributed by atoms with E-state index in [4.69, 9.17) is 9.47 Å². The molecule has 0 heterocycles. The Balaban J connectivity index is 2.31. The van der Waals surface area contributed by atoms with E-state index in [0.717, 1.165) is 12.0 Å². The van der Waals surface area contributed by atoms with Gasteiger partial charge in [-0.25, -0.2) is 0 Å². The smallest absolute Gasteiger partial charge is 0.257 e. The minimum atomic E-state index is -0.550. The van der Waals surface area contributed by atoms with Crippen LogP contribution in [0.2, 0.25) is 0 Å². The summed E-state index contributed by atoms with van der Waals surface area (Å²) in [7, 11) is 1.63. The van der Waals surface area contributed by atoms with E-state index in [9.17, 15) is 9.90 Å². The van der Waals surface area contributed by atoms with E-state index < -0.39 is 6.10 Å². The summed E-state index contributed by atoms with van der Waals surface area (Å²) >= 11 is 0. The average Bonchev–Trinajstić information content (AvgIpc) is 2.41. The van der Waals surface area contributed by atoms with E-state index in [2.05, 4.69) is 5.32 Å². The minimum Gasteiger partial charge on any atom is -0.484 e. The molecule has 0 fully saturated rings. The van der Waals surface area contributed by atoms with E-state index in [0.29, 0.717) is 18.9 Å². The van der Waals surface area contributed by atoms with Gasteiger partial charge in [0.1, 0.15) is 5.75 Å². The van der Waals surface area contributed by atoms with Gasteiger partial charge in [-0.1, -0.05) is 12.1 Å². The van der Waals surface area contributed by atoms with E-state index in [1.807, 2.05) is 6.07 Å². The van der Waals surface area contributed by atoms with Gasteiger partial charge in [-0.3, -0.25) is 4.79 Å². The molecule has 19 heavy (non-hydrogen) atoms. The molecule has 0 saturated carbocycles. The monoisotopic (exact) mass is 267 g/mol. The molecule has 1 amide bonds. The molecule has 1 rings (SSSR count). The van der Waals surface area contributed by atoms with Crippen LogP contribution in [0.15, 0.2) is 24.3 Å². The molecule has 1 atom stereocenters. The lowest BCUT2D eigenvalue weighted by Gasteiger charge is -2.09. The molecule has 0 aliphatic carbocycles. The number of methoxy groups -OCH3 is 1. The number of hydrogen-bond donors (Lipinski definition) is 2. The van der Waals surface area contributed by atoms with Gasteiger partial charge in [-0.05, 0) is 31.0 Å². The first-order chi connectivity index (χ1) is 9.13. The molecule has 1 aromatic rings. The van der Waals surface area contributed by atoms with Gasteiger partial charge < -0.3 is 19.9 Å². The van der Waals surface area contributed by atoms with Crippen molar-refractivity contribution in [1.82, 2.24) is 5.32 Å². The van der Waals surface area contributed by atoms with Crippen molar-refractivity contribution in [2.45, 2.75) is 19.4 Å². The second kappa shape index (κ2) is 8.50. The van der Waals surface area contributed by atoms with Gasteiger partial charge in [0.2, 0.25) is 0 Å². The molecule has 1 aromatic carbocycles. The third-order valence-corrected chi connectivity index (χ3v) is 2.56. The van der Waals surface area contributed by atoms with Gasteiger partial charge in [0.25, 0.3) is 5.91 Å². The van der Waals surface area contributed by atoms with Crippen molar-refractivity contribution in [3.05, 3.63) is 29.8 Å². The summed E-state index contributed by atoms with van der Waals surface area (Å²) in [5.41, 5.74) is 0.762. The van der Waals surface area contributed by atoms with Gasteiger partial charge in [-0.15, -0.1) is 0 Å². The molecule has 2 N–H and O–H groups in total. The maximum atomic E-state index is 11.5. The Labute approximate surface area is 113 Å². The lowest BCUT2D eigenvalue weighted by molar-refractivity contribution is -0.123. The lowest BCUT2D eigenvalue weighted by Crippen LogP contribution is -2.30. The molecule has 5 heteroatoms. The molecule has 5 nitrogen and oxygen atoms in total. The third kappa shape index (κ3) is 6.22. The molecule has 0 spiro atoms. The zero-order valence-electron chi connectivity index (χ0n) is 11.4. The normalized spacial score (nSPS) is 11.9. The summed E-state index contributed by atoms with van der Waals surface area (Å²) in [6.45, 7) is 2.85. The van der Waals surface area contributed by atoms with Crippen LogP contribution in [0.5, 0.6) is 5.75 Å². The number of amides is 1. The van der Waals surface area contributed by atoms with Crippen molar-refractivity contribution >= 4 is 5.91 Å². The summed E-state index contributed by atoms with van der Waals surface area (Å²) in [5, 5.41) is 12.2. The van der Waals surface area contributed by atoms with Crippen LogP contribution in [0.25, 0.3) is 0 Å². The second-order valence-electron chi connectivity index (χ2n) is 4.23. The van der Waals surface area contributed by atoms with Crippen molar-refractivity contribution in [3.8, 4) is 5.75 Å². The third-order valence-electron chi connectivity index (χ3n) is 2.56. The number of hydrogen-bond acceptors (Lipinski definition) is 4. The average molecular weight is 267 g/mol. The molecule has 0 aliphatic rings. The number of aliphatic hydroxyl groups is 1. The largest absolute Gasteiger partial charge is 0.484 e. The molecule has 0 radical (unpaired) electrons. The lowest BCUT2D eigenvalue weighted by atomic mass is 10.1. The Kier molecular flexibility index (Phi) is 6.92. The Morgan fingerprint density at radius 3 is 2.95 bits per heavy atom. The van der Waals surface area contributed by atoms with Crippen LogP contribution in [-0.2, 0) is 9.53 Å². The Morgan fingerprint density at radius 2 is 2.26 bits per heavy atom. The first-order valence-electron chi connectivity index (χ1n) is 6.30. The van der Waals surface area contributed by atoms with Gasteiger partial charge in [0, 0.05) is 20.3 Å². The number of benzene rings is 1. The van der Waals surface area contributed by atoms with Crippen LogP contribution in [0.4, 0.5) is 0 Å². The Hall–Kier alpha value is -1.59. The fourth-order valence-electron chi connectivity index (χ4n) is 1.51. The highest BCUT2D eigenvalue weighted by Crippen LogP contribution is 2.18. The first kappa shape index (κ1) is 15.5. The van der Waals surface area contributed by atoms with Crippen molar-refractivity contribution < 1.29 is 19.4 Å². The number of aliphatic hydroxyl groups excluding tert-OH is 1. The molecule has 0 saturated heterocycles. The molecule has 0 aromatic heterocycles. The maximum absolute atomic E-state index is 11.5. The fourth-order valence-corrected chi connectivity index (χ4v) is 1.51. The minimum absolute atomic E-state index is 0.0315. The SMILES string of the molecule is COCCCNC(=O)COc1cccc(C(C)O)c1. The second-order valence-corrected chi connectivity index (χ2v) is 4.23. The quantitative estimate of drug-likeness (QED) is 0.696. The Morgan fingerprint density at radius 1 is 1.47 bits per heavy atom. The standard InChI is InChI=1S/C14H21NO4/c1-11(16)12-5-3-6-13(9-12)19-10-14(17)15-7-4-8-18-2/h3,5-6,9,11,16H,4,7-8,10H2,1-2H3,(H,15,17). The molecule has 0 bridgehead atoms. The van der Waals surface area contributed by atoms with Crippen molar-refractivity contribution in [1.29, 1.82) is 0 Å². The molecule has 0 aliphatic heterocycles. The Bertz CT molecular complexity index is 393. The molecular formula is C14H21NO4. The van der Waals surface area contributed by atoms with E-state index >= 15 is 0 Å². The zero-order valence-corrected chi connectivity index (χ0v) is 11.4. The predicted molar refractivity (Wildman–Crippen MR) is 72.1 cm³/mol. The van der Waals surface area contributed by atoms with E-state index in [1.54, 1.807) is 32.2 Å². The summed E-state index contributed by atoms with van der Waals surface area (Å²) in [5.74, 6) is 0.406. The number of ether oxygens (including phenoxy) is 2.